The van der Waals surface area contributed by atoms with Crippen LogP contribution in [0.25, 0.3) is 11.3 Å². The van der Waals surface area contributed by atoms with Crippen LogP contribution in [0.1, 0.15) is 43.4 Å². The quantitative estimate of drug-likeness (QED) is 0.615. The van der Waals surface area contributed by atoms with Crippen molar-refractivity contribution in [3.05, 3.63) is 63.6 Å². The highest BCUT2D eigenvalue weighted by Crippen LogP contribution is 2.42. The van der Waals surface area contributed by atoms with Gasteiger partial charge in [0.05, 0.1) is 19.9 Å². The summed E-state index contributed by atoms with van der Waals surface area (Å²) in [7, 11) is 3.26. The molecule has 1 atom stereocenters. The Morgan fingerprint density at radius 3 is 2.32 bits per heavy atom. The number of aromatic nitrogens is 2. The minimum absolute atomic E-state index is 0.160. The summed E-state index contributed by atoms with van der Waals surface area (Å²) in [6, 6.07) is 12.2. The van der Waals surface area contributed by atoms with Gasteiger partial charge in [-0.25, -0.2) is 4.79 Å². The van der Waals surface area contributed by atoms with Crippen LogP contribution in [0.3, 0.4) is 0 Å². The maximum absolute atomic E-state index is 13.0. The summed E-state index contributed by atoms with van der Waals surface area (Å²) in [5, 5.41) is 3.45. The molecular weight excluding hydrogens is 390 g/mol. The van der Waals surface area contributed by atoms with Gasteiger partial charge in [-0.15, -0.1) is 0 Å². The van der Waals surface area contributed by atoms with Crippen LogP contribution in [-0.2, 0) is 19.4 Å². The van der Waals surface area contributed by atoms with Gasteiger partial charge >= 0.3 is 5.69 Å². The van der Waals surface area contributed by atoms with E-state index in [4.69, 9.17) is 9.47 Å². The topological polar surface area (TPSA) is 65.4 Å². The molecule has 0 bridgehead atoms. The molecule has 2 aromatic carbocycles. The first kappa shape index (κ1) is 21.0. The normalized spacial score (nSPS) is 14.5. The van der Waals surface area contributed by atoms with Crippen LogP contribution in [0.4, 0.5) is 11.5 Å². The third kappa shape index (κ3) is 3.67. The average molecular weight is 420 g/mol. The number of nitrogens with zero attached hydrogens (tertiary/aromatic N) is 2. The molecule has 0 saturated carbocycles. The number of anilines is 2. The first-order valence-electron chi connectivity index (χ1n) is 10.8. The van der Waals surface area contributed by atoms with Gasteiger partial charge in [0.2, 0.25) is 0 Å². The van der Waals surface area contributed by atoms with Gasteiger partial charge in [-0.1, -0.05) is 39.0 Å². The van der Waals surface area contributed by atoms with E-state index >= 15 is 0 Å². The average Bonchev–Trinajstić information content (AvgIpc) is 2.79. The third-order valence-electron chi connectivity index (χ3n) is 6.08. The lowest BCUT2D eigenvalue weighted by Gasteiger charge is -2.28. The van der Waals surface area contributed by atoms with Crippen LogP contribution in [0.5, 0.6) is 11.5 Å². The predicted molar refractivity (Wildman–Crippen MR) is 124 cm³/mol. The monoisotopic (exact) mass is 419 g/mol. The SMILES string of the molecule is CCc1cccc(CC)c1Nc1cc2n(c(=O)n1)CC(C)c1cc(OC)c(OC)cc1-2. The zero-order valence-electron chi connectivity index (χ0n) is 18.8. The molecule has 3 aromatic rings. The van der Waals surface area contributed by atoms with Gasteiger partial charge in [0.15, 0.2) is 11.5 Å². The largest absolute Gasteiger partial charge is 0.493 e. The Kier molecular flexibility index (Phi) is 5.72. The number of aryl methyl sites for hydroxylation is 2. The summed E-state index contributed by atoms with van der Waals surface area (Å²) in [5.74, 6) is 2.06. The fraction of sp³-hybridized carbons (Fsp3) is 0.360. The summed E-state index contributed by atoms with van der Waals surface area (Å²) in [4.78, 5) is 17.3. The molecule has 0 amide bonds. The predicted octanol–water partition coefficient (Wildman–Crippen LogP) is 4.91. The fourth-order valence-corrected chi connectivity index (χ4v) is 4.40. The summed E-state index contributed by atoms with van der Waals surface area (Å²) < 4.78 is 12.8. The van der Waals surface area contributed by atoms with E-state index in [1.54, 1.807) is 18.8 Å². The number of benzene rings is 2. The molecule has 0 saturated heterocycles. The number of ether oxygens (including phenoxy) is 2. The van der Waals surface area contributed by atoms with Gasteiger partial charge in [0.25, 0.3) is 0 Å². The molecule has 0 spiro atoms. The van der Waals surface area contributed by atoms with Crippen LogP contribution in [0.15, 0.2) is 41.2 Å². The summed E-state index contributed by atoms with van der Waals surface area (Å²) in [6.45, 7) is 6.95. The molecule has 0 radical (unpaired) electrons. The van der Waals surface area contributed by atoms with Crippen LogP contribution in [0.2, 0.25) is 0 Å². The lowest BCUT2D eigenvalue weighted by Crippen LogP contribution is -2.30. The third-order valence-corrected chi connectivity index (χ3v) is 6.08. The Morgan fingerprint density at radius 1 is 1.06 bits per heavy atom. The van der Waals surface area contributed by atoms with Crippen molar-refractivity contribution in [1.29, 1.82) is 0 Å². The zero-order chi connectivity index (χ0) is 22.1. The molecular formula is C25H29N3O3. The molecule has 1 unspecified atom stereocenters. The number of para-hydroxylation sites is 1. The van der Waals surface area contributed by atoms with Gasteiger partial charge in [0.1, 0.15) is 5.82 Å². The van der Waals surface area contributed by atoms with E-state index in [-0.39, 0.29) is 11.6 Å². The number of rotatable bonds is 6. The van der Waals surface area contributed by atoms with E-state index in [0.717, 1.165) is 35.3 Å². The van der Waals surface area contributed by atoms with E-state index < -0.39 is 0 Å². The van der Waals surface area contributed by atoms with E-state index in [2.05, 4.69) is 49.3 Å². The molecule has 6 nitrogen and oxygen atoms in total. The number of fused-ring (bicyclic) bond motifs is 3. The van der Waals surface area contributed by atoms with Crippen molar-refractivity contribution in [2.75, 3.05) is 19.5 Å². The van der Waals surface area contributed by atoms with Gasteiger partial charge in [0, 0.05) is 29.8 Å². The first-order chi connectivity index (χ1) is 15.0. The van der Waals surface area contributed by atoms with Crippen LogP contribution in [-0.4, -0.2) is 23.8 Å². The Bertz CT molecular complexity index is 1160. The van der Waals surface area contributed by atoms with E-state index in [1.807, 2.05) is 18.2 Å². The molecule has 162 valence electrons. The Hall–Kier alpha value is -3.28. The number of hydrogen-bond donors (Lipinski definition) is 1. The highest BCUT2D eigenvalue weighted by Gasteiger charge is 2.26. The van der Waals surface area contributed by atoms with Gasteiger partial charge in [-0.05, 0) is 41.7 Å². The van der Waals surface area contributed by atoms with Crippen molar-refractivity contribution in [1.82, 2.24) is 9.55 Å². The standard InChI is InChI=1S/C25H29N3O3/c1-6-16-9-8-10-17(7-2)24(16)26-23-13-20-19-12-22(31-5)21(30-4)11-18(19)15(3)14-28(20)25(29)27-23/h8-13,15H,6-7,14H2,1-5H3,(H,26,27,29). The van der Waals surface area contributed by atoms with Crippen molar-refractivity contribution in [3.8, 4) is 22.8 Å². The van der Waals surface area contributed by atoms with Crippen molar-refractivity contribution in [3.63, 3.8) is 0 Å². The fourth-order valence-electron chi connectivity index (χ4n) is 4.40. The van der Waals surface area contributed by atoms with E-state index in [9.17, 15) is 4.79 Å². The van der Waals surface area contributed by atoms with Crippen molar-refractivity contribution >= 4 is 11.5 Å². The molecule has 1 aromatic heterocycles. The Morgan fingerprint density at radius 2 is 1.71 bits per heavy atom. The molecule has 4 rings (SSSR count). The smallest absolute Gasteiger partial charge is 0.350 e. The minimum Gasteiger partial charge on any atom is -0.493 e. The second kappa shape index (κ2) is 8.46. The summed E-state index contributed by atoms with van der Waals surface area (Å²) >= 11 is 0. The maximum atomic E-state index is 13.0. The molecule has 2 heterocycles. The van der Waals surface area contributed by atoms with Crippen LogP contribution < -0.4 is 20.5 Å². The highest BCUT2D eigenvalue weighted by atomic mass is 16.5. The number of nitrogens with one attached hydrogen (secondary N) is 1. The number of methoxy groups -OCH3 is 2. The number of hydrogen-bond acceptors (Lipinski definition) is 5. The van der Waals surface area contributed by atoms with Crippen molar-refractivity contribution in [2.45, 2.75) is 46.1 Å². The van der Waals surface area contributed by atoms with Crippen LogP contribution >= 0.6 is 0 Å². The van der Waals surface area contributed by atoms with Crippen molar-refractivity contribution in [2.24, 2.45) is 0 Å². The highest BCUT2D eigenvalue weighted by molar-refractivity contribution is 5.74. The minimum atomic E-state index is -0.251. The van der Waals surface area contributed by atoms with Gasteiger partial charge < -0.3 is 14.8 Å². The summed E-state index contributed by atoms with van der Waals surface area (Å²) in [5.41, 5.74) is 6.15. The molecule has 1 N–H and O–H groups in total. The maximum Gasteiger partial charge on any atom is 0.350 e. The Labute approximate surface area is 182 Å². The lowest BCUT2D eigenvalue weighted by molar-refractivity contribution is 0.354. The summed E-state index contributed by atoms with van der Waals surface area (Å²) in [6.07, 6.45) is 1.80. The molecule has 1 aliphatic rings. The zero-order valence-corrected chi connectivity index (χ0v) is 18.8. The molecule has 1 aliphatic heterocycles. The lowest BCUT2D eigenvalue weighted by atomic mass is 9.89. The molecule has 0 fully saturated rings. The van der Waals surface area contributed by atoms with E-state index in [1.165, 1.54) is 11.1 Å². The van der Waals surface area contributed by atoms with Crippen molar-refractivity contribution < 1.29 is 9.47 Å². The second-order valence-electron chi connectivity index (χ2n) is 7.90. The van der Waals surface area contributed by atoms with Gasteiger partial charge in [-0.2, -0.15) is 4.98 Å². The molecule has 6 heteroatoms. The van der Waals surface area contributed by atoms with Crippen LogP contribution in [0, 0.1) is 0 Å². The second-order valence-corrected chi connectivity index (χ2v) is 7.90. The van der Waals surface area contributed by atoms with E-state index in [0.29, 0.717) is 23.9 Å². The Balaban J connectivity index is 1.86. The molecule has 31 heavy (non-hydrogen) atoms. The van der Waals surface area contributed by atoms with Gasteiger partial charge in [-0.3, -0.25) is 4.57 Å². The first-order valence-corrected chi connectivity index (χ1v) is 10.8. The molecule has 0 aliphatic carbocycles.